The number of benzene rings is 2. The van der Waals surface area contributed by atoms with Gasteiger partial charge in [0.2, 0.25) is 15.9 Å². The molecule has 4 aromatic rings. The minimum atomic E-state index is -3.56. The van der Waals surface area contributed by atoms with Crippen molar-refractivity contribution in [2.24, 2.45) is 7.05 Å². The fourth-order valence-corrected chi connectivity index (χ4v) is 6.69. The van der Waals surface area contributed by atoms with Crippen molar-refractivity contribution >= 4 is 53.6 Å². The number of nitrogens with one attached hydrogen (secondary N) is 1. The molecule has 0 atom stereocenters. The Labute approximate surface area is 203 Å². The van der Waals surface area contributed by atoms with Crippen LogP contribution in [0.15, 0.2) is 35.2 Å². The Hall–Kier alpha value is -2.82. The number of carbonyl (C=O) groups excluding carboxylic acids is 1. The minimum Gasteiger partial charge on any atom is -0.331 e. The van der Waals surface area contributed by atoms with Gasteiger partial charge in [-0.15, -0.1) is 0 Å². The Bertz CT molecular complexity index is 1480. The highest BCUT2D eigenvalue weighted by atomic mass is 32.2. The lowest BCUT2D eigenvalue weighted by molar-refractivity contribution is -0.116. The van der Waals surface area contributed by atoms with Gasteiger partial charge in [-0.1, -0.05) is 31.3 Å². The SMILES string of the molecule is CCN(CC)S(=O)(=O)c1ccc2c(c1)nc(CCC(=O)Nc1nc3c(C)cc(C)cc3s1)n2C. The summed E-state index contributed by atoms with van der Waals surface area (Å²) in [4.78, 5) is 22.0. The summed E-state index contributed by atoms with van der Waals surface area (Å²) in [7, 11) is -1.68. The quantitative estimate of drug-likeness (QED) is 0.388. The van der Waals surface area contributed by atoms with Crippen LogP contribution in [-0.2, 0) is 28.3 Å². The van der Waals surface area contributed by atoms with Gasteiger partial charge in [0.15, 0.2) is 5.13 Å². The first kappa shape index (κ1) is 24.3. The monoisotopic (exact) mass is 499 g/mol. The van der Waals surface area contributed by atoms with Crippen LogP contribution in [0, 0.1) is 13.8 Å². The number of amides is 1. The lowest BCUT2D eigenvalue weighted by atomic mass is 10.1. The van der Waals surface area contributed by atoms with Gasteiger partial charge in [-0.3, -0.25) is 4.79 Å². The maximum atomic E-state index is 12.9. The molecule has 1 N–H and O–H groups in total. The molecule has 1 amide bonds. The number of aromatic nitrogens is 3. The average Bonchev–Trinajstić information content (AvgIpc) is 3.33. The molecule has 0 spiro atoms. The number of hydrogen-bond acceptors (Lipinski definition) is 6. The van der Waals surface area contributed by atoms with E-state index >= 15 is 0 Å². The summed E-state index contributed by atoms with van der Waals surface area (Å²) in [5.41, 5.74) is 4.60. The molecule has 4 rings (SSSR count). The lowest BCUT2D eigenvalue weighted by Crippen LogP contribution is -2.30. The van der Waals surface area contributed by atoms with E-state index in [0.717, 1.165) is 27.1 Å². The number of rotatable bonds is 8. The van der Waals surface area contributed by atoms with Crippen LogP contribution in [-0.4, -0.2) is 46.3 Å². The Morgan fingerprint density at radius 2 is 1.85 bits per heavy atom. The van der Waals surface area contributed by atoms with Gasteiger partial charge in [0.1, 0.15) is 5.82 Å². The van der Waals surface area contributed by atoms with E-state index in [1.165, 1.54) is 21.2 Å². The molecule has 0 radical (unpaired) electrons. The molecule has 0 saturated heterocycles. The third kappa shape index (κ3) is 4.57. The highest BCUT2D eigenvalue weighted by Gasteiger charge is 2.23. The first-order valence-corrected chi connectivity index (χ1v) is 13.5. The van der Waals surface area contributed by atoms with Crippen LogP contribution in [0.25, 0.3) is 21.3 Å². The number of nitrogens with zero attached hydrogens (tertiary/aromatic N) is 4. The van der Waals surface area contributed by atoms with E-state index in [2.05, 4.69) is 27.4 Å². The molecule has 0 aliphatic rings. The van der Waals surface area contributed by atoms with Crippen LogP contribution in [0.4, 0.5) is 5.13 Å². The second-order valence-corrected chi connectivity index (χ2v) is 11.3. The number of fused-ring (bicyclic) bond motifs is 2. The minimum absolute atomic E-state index is 0.134. The van der Waals surface area contributed by atoms with Gasteiger partial charge in [0.05, 0.1) is 26.1 Å². The van der Waals surface area contributed by atoms with Crippen molar-refractivity contribution in [2.75, 3.05) is 18.4 Å². The van der Waals surface area contributed by atoms with Crippen molar-refractivity contribution in [3.05, 3.63) is 47.3 Å². The van der Waals surface area contributed by atoms with E-state index in [0.29, 0.717) is 30.2 Å². The second kappa shape index (κ2) is 9.44. The standard InChI is InChI=1S/C24H29N5O3S2/c1-6-29(7-2)34(31,32)17-8-9-19-18(14-17)25-21(28(19)5)10-11-22(30)26-24-27-23-16(4)12-15(3)13-20(23)33-24/h8-9,12-14H,6-7,10-11H2,1-5H3,(H,26,27,30). The molecule has 8 nitrogen and oxygen atoms in total. The first-order valence-electron chi connectivity index (χ1n) is 11.3. The van der Waals surface area contributed by atoms with Gasteiger partial charge in [-0.2, -0.15) is 4.31 Å². The summed E-state index contributed by atoms with van der Waals surface area (Å²) in [5.74, 6) is 0.587. The van der Waals surface area contributed by atoms with Crippen molar-refractivity contribution < 1.29 is 13.2 Å². The summed E-state index contributed by atoms with van der Waals surface area (Å²) < 4.78 is 30.1. The molecule has 0 aliphatic carbocycles. The van der Waals surface area contributed by atoms with Crippen molar-refractivity contribution in [2.45, 2.75) is 45.4 Å². The molecule has 0 bridgehead atoms. The van der Waals surface area contributed by atoms with Crippen LogP contribution in [0.2, 0.25) is 0 Å². The lowest BCUT2D eigenvalue weighted by Gasteiger charge is -2.18. The third-order valence-corrected chi connectivity index (χ3v) is 8.90. The number of hydrogen-bond donors (Lipinski definition) is 1. The zero-order chi connectivity index (χ0) is 24.6. The van der Waals surface area contributed by atoms with E-state index in [1.54, 1.807) is 18.2 Å². The fourth-order valence-electron chi connectivity index (χ4n) is 4.16. The third-order valence-electron chi connectivity index (χ3n) is 5.94. The number of anilines is 1. The molecular formula is C24H29N5O3S2. The fraction of sp³-hybridized carbons (Fsp3) is 0.375. The normalized spacial score (nSPS) is 12.2. The molecule has 2 heterocycles. The zero-order valence-corrected chi connectivity index (χ0v) is 21.7. The molecule has 34 heavy (non-hydrogen) atoms. The van der Waals surface area contributed by atoms with E-state index in [1.807, 2.05) is 39.3 Å². The number of carbonyl (C=O) groups is 1. The Kier molecular flexibility index (Phi) is 6.75. The smallest absolute Gasteiger partial charge is 0.243 e. The molecule has 2 aromatic carbocycles. The highest BCUT2D eigenvalue weighted by Crippen LogP contribution is 2.29. The van der Waals surface area contributed by atoms with Gasteiger partial charge >= 0.3 is 0 Å². The summed E-state index contributed by atoms with van der Waals surface area (Å²) in [6, 6.07) is 9.15. The summed E-state index contributed by atoms with van der Waals surface area (Å²) in [6.07, 6.45) is 0.674. The summed E-state index contributed by atoms with van der Waals surface area (Å²) in [5, 5.41) is 3.49. The zero-order valence-electron chi connectivity index (χ0n) is 20.0. The van der Waals surface area contributed by atoms with Gasteiger partial charge in [0, 0.05) is 33.0 Å². The first-order chi connectivity index (χ1) is 16.1. The van der Waals surface area contributed by atoms with Crippen LogP contribution < -0.4 is 5.32 Å². The molecule has 180 valence electrons. The molecule has 0 saturated carbocycles. The van der Waals surface area contributed by atoms with Crippen molar-refractivity contribution in [3.8, 4) is 0 Å². The molecule has 2 aromatic heterocycles. The van der Waals surface area contributed by atoms with Crippen molar-refractivity contribution in [1.29, 1.82) is 0 Å². The maximum absolute atomic E-state index is 12.9. The van der Waals surface area contributed by atoms with Crippen LogP contribution in [0.5, 0.6) is 0 Å². The maximum Gasteiger partial charge on any atom is 0.243 e. The number of sulfonamides is 1. The van der Waals surface area contributed by atoms with E-state index in [4.69, 9.17) is 0 Å². The molecule has 0 aliphatic heterocycles. The number of aryl methyl sites for hydroxylation is 4. The van der Waals surface area contributed by atoms with E-state index in [-0.39, 0.29) is 17.2 Å². The molecular weight excluding hydrogens is 470 g/mol. The topological polar surface area (TPSA) is 97.2 Å². The molecule has 10 heteroatoms. The van der Waals surface area contributed by atoms with Gasteiger partial charge in [-0.25, -0.2) is 18.4 Å². The predicted molar refractivity (Wildman–Crippen MR) is 137 cm³/mol. The van der Waals surface area contributed by atoms with Crippen molar-refractivity contribution in [3.63, 3.8) is 0 Å². The molecule has 0 unspecified atom stereocenters. The van der Waals surface area contributed by atoms with Crippen LogP contribution in [0.3, 0.4) is 0 Å². The van der Waals surface area contributed by atoms with Gasteiger partial charge in [-0.05, 0) is 49.2 Å². The number of imidazole rings is 1. The number of thiazole rings is 1. The Morgan fingerprint density at radius 1 is 1.12 bits per heavy atom. The Morgan fingerprint density at radius 3 is 2.56 bits per heavy atom. The van der Waals surface area contributed by atoms with Crippen LogP contribution >= 0.6 is 11.3 Å². The molecule has 0 fully saturated rings. The van der Waals surface area contributed by atoms with Crippen LogP contribution in [0.1, 0.15) is 37.2 Å². The van der Waals surface area contributed by atoms with Gasteiger partial charge < -0.3 is 9.88 Å². The van der Waals surface area contributed by atoms with E-state index < -0.39 is 10.0 Å². The van der Waals surface area contributed by atoms with E-state index in [9.17, 15) is 13.2 Å². The predicted octanol–water partition coefficient (Wildman–Crippen LogP) is 4.40. The second-order valence-electron chi connectivity index (χ2n) is 8.32. The average molecular weight is 500 g/mol. The van der Waals surface area contributed by atoms with Crippen molar-refractivity contribution in [1.82, 2.24) is 18.8 Å². The highest BCUT2D eigenvalue weighted by molar-refractivity contribution is 7.89. The summed E-state index contributed by atoms with van der Waals surface area (Å²) in [6.45, 7) is 8.52. The Balaban J connectivity index is 1.49. The van der Waals surface area contributed by atoms with Gasteiger partial charge in [0.25, 0.3) is 0 Å². The largest absolute Gasteiger partial charge is 0.331 e. The summed E-state index contributed by atoms with van der Waals surface area (Å²) >= 11 is 1.47.